The summed E-state index contributed by atoms with van der Waals surface area (Å²) in [5, 5.41) is 9.35. The first-order valence-electron chi connectivity index (χ1n) is 3.50. The summed E-state index contributed by atoms with van der Waals surface area (Å²) < 4.78 is 14.3. The second-order valence-electron chi connectivity index (χ2n) is 2.50. The molecule has 1 nitrogen and oxygen atoms in total. The summed E-state index contributed by atoms with van der Waals surface area (Å²) in [5.74, 6) is 0. The minimum absolute atomic E-state index is 0.260. The van der Waals surface area contributed by atoms with E-state index in [4.69, 9.17) is 5.26 Å². The first-order valence-corrected chi connectivity index (χ1v) is 5.11. The maximum absolute atomic E-state index is 12.9. The molecule has 0 fully saturated rings. The lowest BCUT2D eigenvalue weighted by Gasteiger charge is -1.94. The van der Waals surface area contributed by atoms with E-state index in [1.165, 1.54) is 6.07 Å². The monoisotopic (exact) mass is 255 g/mol. The zero-order valence-electron chi connectivity index (χ0n) is 6.34. The van der Waals surface area contributed by atoms with Crippen LogP contribution in [0.25, 0.3) is 10.1 Å². The van der Waals surface area contributed by atoms with Crippen LogP contribution in [0.3, 0.4) is 0 Å². The van der Waals surface area contributed by atoms with Crippen LogP contribution in [0.5, 0.6) is 0 Å². The maximum atomic E-state index is 12.9. The van der Waals surface area contributed by atoms with Gasteiger partial charge in [-0.3, -0.25) is 0 Å². The molecule has 0 saturated carbocycles. The lowest BCUT2D eigenvalue weighted by atomic mass is 10.2. The van der Waals surface area contributed by atoms with Gasteiger partial charge in [0, 0.05) is 4.47 Å². The van der Waals surface area contributed by atoms with E-state index < -0.39 is 0 Å². The second-order valence-corrected chi connectivity index (χ2v) is 4.36. The van der Waals surface area contributed by atoms with Crippen LogP contribution in [0, 0.1) is 16.5 Å². The molecule has 2 rings (SSSR count). The van der Waals surface area contributed by atoms with E-state index in [0.717, 1.165) is 16.7 Å². The van der Waals surface area contributed by atoms with Crippen molar-refractivity contribution in [1.82, 2.24) is 0 Å². The molecule has 4 heteroatoms. The summed E-state index contributed by atoms with van der Waals surface area (Å²) in [6.45, 7) is 0. The van der Waals surface area contributed by atoms with Crippen LogP contribution >= 0.6 is 27.3 Å². The number of rotatable bonds is 0. The molecule has 1 aromatic carbocycles. The Morgan fingerprint density at radius 1 is 1.46 bits per heavy atom. The topological polar surface area (TPSA) is 23.8 Å². The summed E-state index contributed by atoms with van der Waals surface area (Å²) in [7, 11) is 0. The van der Waals surface area contributed by atoms with E-state index in [0.29, 0.717) is 14.7 Å². The predicted octanol–water partition coefficient (Wildman–Crippen LogP) is 3.67. The molecule has 0 N–H and O–H groups in total. The summed E-state index contributed by atoms with van der Waals surface area (Å²) in [5.41, 5.74) is 0.506. The van der Waals surface area contributed by atoms with E-state index in [1.807, 2.05) is 6.07 Å². The quantitative estimate of drug-likeness (QED) is 0.705. The van der Waals surface area contributed by atoms with Crippen molar-refractivity contribution in [3.63, 3.8) is 0 Å². The summed E-state index contributed by atoms with van der Waals surface area (Å²) >= 11 is 4.25. The first-order chi connectivity index (χ1) is 6.22. The Hall–Kier alpha value is -0.920. The molecule has 0 spiro atoms. The molecule has 1 aromatic heterocycles. The van der Waals surface area contributed by atoms with Gasteiger partial charge in [0.05, 0.1) is 10.3 Å². The number of nitrogens with zero attached hydrogens (tertiary/aromatic N) is 1. The van der Waals surface area contributed by atoms with Crippen molar-refractivity contribution in [2.45, 2.75) is 0 Å². The van der Waals surface area contributed by atoms with Gasteiger partial charge in [-0.25, -0.2) is 0 Å². The smallest absolute Gasteiger partial charge is 0.177 e. The summed E-state index contributed by atoms with van der Waals surface area (Å²) in [6.07, 6.45) is 0. The highest BCUT2D eigenvalue weighted by molar-refractivity contribution is 9.10. The predicted molar refractivity (Wildman–Crippen MR) is 54.2 cm³/mol. The molecule has 0 amide bonds. The zero-order chi connectivity index (χ0) is 9.42. The van der Waals surface area contributed by atoms with Crippen molar-refractivity contribution in [2.24, 2.45) is 0 Å². The van der Waals surface area contributed by atoms with Gasteiger partial charge in [-0.05, 0) is 33.4 Å². The van der Waals surface area contributed by atoms with Gasteiger partial charge < -0.3 is 0 Å². The minimum atomic E-state index is -0.260. The lowest BCUT2D eigenvalue weighted by Crippen LogP contribution is -1.75. The fraction of sp³-hybridized carbons (Fsp3) is 0. The molecule has 2 aromatic rings. The number of halogens is 2. The molecule has 64 valence electrons. The normalized spacial score (nSPS) is 10.2. The summed E-state index contributed by atoms with van der Waals surface area (Å²) in [6, 6.07) is 7.03. The minimum Gasteiger partial charge on any atom is -0.195 e. The molecule has 0 atom stereocenters. The van der Waals surface area contributed by atoms with Crippen LogP contribution in [-0.2, 0) is 0 Å². The van der Waals surface area contributed by atoms with Gasteiger partial charge in [-0.15, -0.1) is 11.3 Å². The molecular weight excluding hydrogens is 253 g/mol. The van der Waals surface area contributed by atoms with Crippen molar-refractivity contribution in [3.05, 3.63) is 33.4 Å². The molecule has 0 radical (unpaired) electrons. The van der Waals surface area contributed by atoms with Gasteiger partial charge in [0.15, 0.2) is 5.13 Å². The van der Waals surface area contributed by atoms with Gasteiger partial charge >= 0.3 is 0 Å². The standard InChI is InChI=1S/C9H3BrFNS/c10-7-2-1-5-3-8(11)13-9(5)6(7)4-12/h1-3H. The number of hydrogen-bond acceptors (Lipinski definition) is 2. The number of hydrogen-bond donors (Lipinski definition) is 0. The highest BCUT2D eigenvalue weighted by Gasteiger charge is 2.08. The first kappa shape index (κ1) is 8.67. The molecule has 0 saturated heterocycles. The number of thiophene rings is 1. The Morgan fingerprint density at radius 2 is 2.23 bits per heavy atom. The number of benzene rings is 1. The van der Waals surface area contributed by atoms with E-state index >= 15 is 0 Å². The average Bonchev–Trinajstić information content (AvgIpc) is 2.45. The van der Waals surface area contributed by atoms with Gasteiger partial charge in [-0.1, -0.05) is 6.07 Å². The van der Waals surface area contributed by atoms with Crippen LogP contribution in [0.4, 0.5) is 4.39 Å². The van der Waals surface area contributed by atoms with Gasteiger partial charge in [0.1, 0.15) is 6.07 Å². The van der Waals surface area contributed by atoms with E-state index in [1.54, 1.807) is 12.1 Å². The van der Waals surface area contributed by atoms with Crippen LogP contribution in [0.1, 0.15) is 5.56 Å². The van der Waals surface area contributed by atoms with Crippen molar-refractivity contribution in [2.75, 3.05) is 0 Å². The Kier molecular flexibility index (Phi) is 2.06. The molecule has 0 aliphatic rings. The number of fused-ring (bicyclic) bond motifs is 1. The van der Waals surface area contributed by atoms with Crippen molar-refractivity contribution in [3.8, 4) is 6.07 Å². The van der Waals surface area contributed by atoms with E-state index in [-0.39, 0.29) is 5.13 Å². The zero-order valence-corrected chi connectivity index (χ0v) is 8.75. The second kappa shape index (κ2) is 3.09. The highest BCUT2D eigenvalue weighted by Crippen LogP contribution is 2.31. The fourth-order valence-electron chi connectivity index (χ4n) is 1.15. The third kappa shape index (κ3) is 1.34. The molecule has 13 heavy (non-hydrogen) atoms. The van der Waals surface area contributed by atoms with Gasteiger partial charge in [0.25, 0.3) is 0 Å². The number of nitriles is 1. The largest absolute Gasteiger partial charge is 0.195 e. The Balaban J connectivity index is 2.93. The van der Waals surface area contributed by atoms with Crippen LogP contribution < -0.4 is 0 Å². The van der Waals surface area contributed by atoms with Crippen LogP contribution in [0.2, 0.25) is 0 Å². The summed E-state index contributed by atoms with van der Waals surface area (Å²) in [4.78, 5) is 0. The molecule has 0 bridgehead atoms. The van der Waals surface area contributed by atoms with E-state index in [9.17, 15) is 4.39 Å². The van der Waals surface area contributed by atoms with E-state index in [2.05, 4.69) is 15.9 Å². The Bertz CT molecular complexity index is 512. The lowest BCUT2D eigenvalue weighted by molar-refractivity contribution is 0.658. The average molecular weight is 256 g/mol. The third-order valence-corrected chi connectivity index (χ3v) is 3.34. The van der Waals surface area contributed by atoms with Gasteiger partial charge in [0.2, 0.25) is 0 Å². The Labute approximate surface area is 86.5 Å². The van der Waals surface area contributed by atoms with Crippen molar-refractivity contribution >= 4 is 37.4 Å². The van der Waals surface area contributed by atoms with Crippen molar-refractivity contribution in [1.29, 1.82) is 5.26 Å². The maximum Gasteiger partial charge on any atom is 0.177 e. The molecule has 0 unspecified atom stereocenters. The van der Waals surface area contributed by atoms with Crippen LogP contribution in [-0.4, -0.2) is 0 Å². The molecule has 1 heterocycles. The molecular formula is C9H3BrFNS. The highest BCUT2D eigenvalue weighted by atomic mass is 79.9. The molecule has 0 aliphatic carbocycles. The van der Waals surface area contributed by atoms with Crippen LogP contribution in [0.15, 0.2) is 22.7 Å². The van der Waals surface area contributed by atoms with Crippen molar-refractivity contribution < 1.29 is 4.39 Å². The Morgan fingerprint density at radius 3 is 2.92 bits per heavy atom. The fourth-order valence-corrected chi connectivity index (χ4v) is 2.59. The molecule has 0 aliphatic heterocycles. The SMILES string of the molecule is N#Cc1c(Br)ccc2cc(F)sc12. The third-order valence-electron chi connectivity index (χ3n) is 1.72. The van der Waals surface area contributed by atoms with Gasteiger partial charge in [-0.2, -0.15) is 9.65 Å².